The van der Waals surface area contributed by atoms with E-state index in [1.807, 2.05) is 0 Å². The van der Waals surface area contributed by atoms with Crippen LogP contribution in [0.25, 0.3) is 0 Å². The van der Waals surface area contributed by atoms with Crippen molar-refractivity contribution in [2.24, 2.45) is 23.7 Å². The van der Waals surface area contributed by atoms with Crippen molar-refractivity contribution in [2.45, 2.75) is 70.6 Å². The largest absolute Gasteiger partial charge is 0.0533 e. The molecular weight excluding hydrogens is 180 g/mol. The quantitative estimate of drug-likeness (QED) is 0.579. The molecule has 2 unspecified atom stereocenters. The molecule has 0 nitrogen and oxygen atoms in total. The maximum absolute atomic E-state index is 1.59. The average molecular weight is 206 g/mol. The Kier molecular flexibility index (Phi) is 3.03. The van der Waals surface area contributed by atoms with E-state index in [2.05, 4.69) is 0 Å². The van der Waals surface area contributed by atoms with E-state index >= 15 is 0 Å². The molecule has 0 heteroatoms. The molecule has 0 aromatic rings. The fourth-order valence-electron chi connectivity index (χ4n) is 4.97. The summed E-state index contributed by atoms with van der Waals surface area (Å²) in [4.78, 5) is 0. The molecule has 0 spiro atoms. The van der Waals surface area contributed by atoms with Crippen LogP contribution < -0.4 is 0 Å². The van der Waals surface area contributed by atoms with E-state index in [9.17, 15) is 0 Å². The van der Waals surface area contributed by atoms with Crippen molar-refractivity contribution in [1.82, 2.24) is 0 Å². The van der Waals surface area contributed by atoms with Crippen LogP contribution in [0.4, 0.5) is 0 Å². The predicted molar refractivity (Wildman–Crippen MR) is 64.7 cm³/mol. The highest BCUT2D eigenvalue weighted by molar-refractivity contribution is 4.90. The molecule has 0 bridgehead atoms. The van der Waals surface area contributed by atoms with E-state index < -0.39 is 0 Å². The summed E-state index contributed by atoms with van der Waals surface area (Å²) < 4.78 is 0. The predicted octanol–water partition coefficient (Wildman–Crippen LogP) is 4.78. The topological polar surface area (TPSA) is 0 Å². The van der Waals surface area contributed by atoms with Gasteiger partial charge in [-0.1, -0.05) is 57.8 Å². The molecule has 0 aromatic carbocycles. The molecule has 3 aliphatic rings. The van der Waals surface area contributed by atoms with Crippen molar-refractivity contribution in [3.05, 3.63) is 0 Å². The Morgan fingerprint density at radius 2 is 0.867 bits per heavy atom. The van der Waals surface area contributed by atoms with Gasteiger partial charge in [0, 0.05) is 0 Å². The highest BCUT2D eigenvalue weighted by atomic mass is 14.4. The molecule has 0 radical (unpaired) electrons. The van der Waals surface area contributed by atoms with Crippen LogP contribution in [0.15, 0.2) is 0 Å². The Morgan fingerprint density at radius 1 is 0.400 bits per heavy atom. The zero-order chi connectivity index (χ0) is 10.1. The van der Waals surface area contributed by atoms with Crippen molar-refractivity contribution in [3.8, 4) is 0 Å². The lowest BCUT2D eigenvalue weighted by molar-refractivity contribution is 0.0990. The first-order valence-corrected chi connectivity index (χ1v) is 7.45. The van der Waals surface area contributed by atoms with Gasteiger partial charge in [-0.15, -0.1) is 0 Å². The Hall–Kier alpha value is 0. The Balaban J connectivity index is 1.67. The molecule has 0 saturated heterocycles. The van der Waals surface area contributed by atoms with Crippen molar-refractivity contribution < 1.29 is 0 Å². The first kappa shape index (κ1) is 10.2. The molecule has 3 fully saturated rings. The van der Waals surface area contributed by atoms with Crippen LogP contribution in [0.2, 0.25) is 0 Å². The van der Waals surface area contributed by atoms with Gasteiger partial charge in [-0.25, -0.2) is 0 Å². The lowest BCUT2D eigenvalue weighted by Gasteiger charge is -2.40. The van der Waals surface area contributed by atoms with Gasteiger partial charge in [0.05, 0.1) is 0 Å². The number of rotatable bonds is 1. The van der Waals surface area contributed by atoms with Crippen LogP contribution in [0, 0.1) is 23.7 Å². The highest BCUT2D eigenvalue weighted by Gasteiger charge is 2.39. The highest BCUT2D eigenvalue weighted by Crippen LogP contribution is 2.50. The second-order valence-corrected chi connectivity index (χ2v) is 6.35. The van der Waals surface area contributed by atoms with E-state index in [4.69, 9.17) is 0 Å². The Labute approximate surface area is 94.8 Å². The summed E-state index contributed by atoms with van der Waals surface area (Å²) in [6, 6.07) is 0. The van der Waals surface area contributed by atoms with Crippen LogP contribution in [-0.4, -0.2) is 0 Å². The molecule has 0 N–H and O–H groups in total. The van der Waals surface area contributed by atoms with Gasteiger partial charge in [0.15, 0.2) is 0 Å². The molecule has 3 saturated carbocycles. The first-order valence-electron chi connectivity index (χ1n) is 7.45. The van der Waals surface area contributed by atoms with Gasteiger partial charge in [0.2, 0.25) is 0 Å². The molecule has 3 rings (SSSR count). The fraction of sp³-hybridized carbons (Fsp3) is 1.00. The van der Waals surface area contributed by atoms with E-state index in [0.717, 1.165) is 17.8 Å². The standard InChI is InChI=1S/C15H26/c1-2-6-12(7-3-1)14-10-4-8-13-9-5-11-15(13)14/h12-15H,1-11H2. The fourth-order valence-corrected chi connectivity index (χ4v) is 4.97. The summed E-state index contributed by atoms with van der Waals surface area (Å²) in [5.74, 6) is 4.63. The zero-order valence-corrected chi connectivity index (χ0v) is 10.1. The molecule has 86 valence electrons. The lowest BCUT2D eigenvalue weighted by atomic mass is 9.65. The Bertz CT molecular complexity index is 202. The minimum Gasteiger partial charge on any atom is -0.0533 e. The molecule has 0 aromatic heterocycles. The zero-order valence-electron chi connectivity index (χ0n) is 10.1. The number of hydrogen-bond donors (Lipinski definition) is 0. The van der Waals surface area contributed by atoms with E-state index in [0.29, 0.717) is 0 Å². The summed E-state index contributed by atoms with van der Waals surface area (Å²) in [7, 11) is 0. The van der Waals surface area contributed by atoms with Gasteiger partial charge in [0.25, 0.3) is 0 Å². The summed E-state index contributed by atoms with van der Waals surface area (Å²) in [6.07, 6.45) is 17.2. The smallest absolute Gasteiger partial charge is 0.0355 e. The minimum atomic E-state index is 1.14. The maximum Gasteiger partial charge on any atom is -0.0355 e. The Morgan fingerprint density at radius 3 is 1.40 bits per heavy atom. The number of fused-ring (bicyclic) bond motifs is 1. The van der Waals surface area contributed by atoms with Crippen LogP contribution in [0.3, 0.4) is 0 Å². The van der Waals surface area contributed by atoms with Crippen molar-refractivity contribution in [3.63, 3.8) is 0 Å². The summed E-state index contributed by atoms with van der Waals surface area (Å²) in [5, 5.41) is 0. The minimum absolute atomic E-state index is 1.14. The van der Waals surface area contributed by atoms with Crippen LogP contribution in [0.1, 0.15) is 70.6 Å². The summed E-state index contributed by atoms with van der Waals surface area (Å²) in [6.45, 7) is 0. The van der Waals surface area contributed by atoms with Crippen LogP contribution in [0.5, 0.6) is 0 Å². The molecule has 0 aliphatic heterocycles. The summed E-state index contributed by atoms with van der Waals surface area (Å²) in [5.41, 5.74) is 0. The first-order chi connectivity index (χ1) is 7.45. The van der Waals surface area contributed by atoms with Gasteiger partial charge in [0.1, 0.15) is 0 Å². The maximum atomic E-state index is 1.59. The molecular formula is C15H26. The van der Waals surface area contributed by atoms with Gasteiger partial charge in [-0.3, -0.25) is 0 Å². The van der Waals surface area contributed by atoms with E-state index in [1.165, 1.54) is 12.3 Å². The van der Waals surface area contributed by atoms with Gasteiger partial charge >= 0.3 is 0 Å². The van der Waals surface area contributed by atoms with Gasteiger partial charge in [-0.2, -0.15) is 0 Å². The van der Waals surface area contributed by atoms with E-state index in [-0.39, 0.29) is 0 Å². The third kappa shape index (κ3) is 1.97. The SMILES string of the molecule is C1CCC(C2CCCC3CCCC32)CC1. The van der Waals surface area contributed by atoms with Crippen molar-refractivity contribution in [2.75, 3.05) is 0 Å². The second-order valence-electron chi connectivity index (χ2n) is 6.35. The van der Waals surface area contributed by atoms with Crippen LogP contribution >= 0.6 is 0 Å². The average Bonchev–Trinajstić information content (AvgIpc) is 2.78. The normalized spacial score (nSPS) is 42.8. The van der Waals surface area contributed by atoms with Gasteiger partial charge < -0.3 is 0 Å². The van der Waals surface area contributed by atoms with E-state index in [1.54, 1.807) is 64.2 Å². The molecule has 3 aliphatic carbocycles. The lowest BCUT2D eigenvalue weighted by Crippen LogP contribution is -2.31. The van der Waals surface area contributed by atoms with Gasteiger partial charge in [-0.05, 0) is 36.5 Å². The van der Waals surface area contributed by atoms with Crippen molar-refractivity contribution in [1.29, 1.82) is 0 Å². The van der Waals surface area contributed by atoms with Crippen LogP contribution in [-0.2, 0) is 0 Å². The summed E-state index contributed by atoms with van der Waals surface area (Å²) >= 11 is 0. The molecule has 15 heavy (non-hydrogen) atoms. The second kappa shape index (κ2) is 4.47. The number of hydrogen-bond acceptors (Lipinski definition) is 0. The third-order valence-electron chi connectivity index (χ3n) is 5.64. The third-order valence-corrected chi connectivity index (χ3v) is 5.64. The molecule has 0 heterocycles. The molecule has 2 atom stereocenters. The van der Waals surface area contributed by atoms with Crippen molar-refractivity contribution >= 4 is 0 Å². The monoisotopic (exact) mass is 206 g/mol. The molecule has 0 amide bonds.